The summed E-state index contributed by atoms with van der Waals surface area (Å²) < 4.78 is 43.3. The van der Waals surface area contributed by atoms with Gasteiger partial charge in [-0.25, -0.2) is 9.50 Å². The third-order valence-corrected chi connectivity index (χ3v) is 5.79. The van der Waals surface area contributed by atoms with Crippen LogP contribution in [0.5, 0.6) is 5.75 Å². The maximum Gasteiger partial charge on any atom is 0.573 e. The summed E-state index contributed by atoms with van der Waals surface area (Å²) in [6, 6.07) is 16.8. The maximum atomic E-state index is 13.2. The van der Waals surface area contributed by atoms with Crippen LogP contribution in [-0.2, 0) is 6.54 Å². The summed E-state index contributed by atoms with van der Waals surface area (Å²) in [5, 5.41) is 13.9. The Bertz CT molecular complexity index is 1580. The van der Waals surface area contributed by atoms with Crippen LogP contribution < -0.4 is 15.0 Å². The second-order valence-corrected chi connectivity index (χ2v) is 8.57. The summed E-state index contributed by atoms with van der Waals surface area (Å²) in [6.07, 6.45) is -1.50. The molecule has 2 aromatic carbocycles. The van der Waals surface area contributed by atoms with Crippen molar-refractivity contribution in [2.45, 2.75) is 19.8 Å². The van der Waals surface area contributed by atoms with Gasteiger partial charge in [0.25, 0.3) is 5.91 Å². The minimum atomic E-state index is -4.85. The van der Waals surface area contributed by atoms with E-state index in [0.29, 0.717) is 29.3 Å². The minimum absolute atomic E-state index is 0.0762. The molecule has 9 nitrogen and oxygen atoms in total. The molecule has 3 heterocycles. The number of nitrogens with one attached hydrogen (secondary N) is 2. The van der Waals surface area contributed by atoms with Gasteiger partial charge in [-0.3, -0.25) is 9.89 Å². The standard InChI is InChI=1S/C26H22F3N7O2/c1-16-23(25(37)32-19-9-6-10-20(11-19)38-26(27,28)29)34-36-21(18-13-30-31-14-18)12-22(33-24(16)36)35(2)15-17-7-4-3-5-8-17/h3-14H,15H2,1-2H3,(H,30,31)(H,32,37). The smallest absolute Gasteiger partial charge is 0.406 e. The summed E-state index contributed by atoms with van der Waals surface area (Å²) in [6.45, 7) is 2.32. The molecule has 0 fully saturated rings. The van der Waals surface area contributed by atoms with E-state index in [0.717, 1.165) is 23.3 Å². The number of carbonyl (C=O) groups is 1. The molecule has 0 aliphatic rings. The number of nitrogens with zero attached hydrogens (tertiary/aromatic N) is 5. The van der Waals surface area contributed by atoms with Crippen LogP contribution in [0.15, 0.2) is 73.1 Å². The zero-order valence-electron chi connectivity index (χ0n) is 20.3. The predicted octanol–water partition coefficient (Wildman–Crippen LogP) is 5.22. The lowest BCUT2D eigenvalue weighted by molar-refractivity contribution is -0.274. The van der Waals surface area contributed by atoms with Crippen LogP contribution in [0.1, 0.15) is 21.6 Å². The number of anilines is 2. The molecule has 0 unspecified atom stereocenters. The van der Waals surface area contributed by atoms with Gasteiger partial charge in [0.05, 0.1) is 11.9 Å². The highest BCUT2D eigenvalue weighted by atomic mass is 19.4. The first-order valence-corrected chi connectivity index (χ1v) is 11.5. The quantitative estimate of drug-likeness (QED) is 0.305. The molecule has 38 heavy (non-hydrogen) atoms. The molecular formula is C26H22F3N7O2. The number of alkyl halides is 3. The van der Waals surface area contributed by atoms with E-state index in [1.54, 1.807) is 23.8 Å². The van der Waals surface area contributed by atoms with E-state index in [2.05, 4.69) is 25.3 Å². The van der Waals surface area contributed by atoms with Gasteiger partial charge in [-0.1, -0.05) is 36.4 Å². The first-order valence-electron chi connectivity index (χ1n) is 11.5. The van der Waals surface area contributed by atoms with E-state index in [4.69, 9.17) is 4.98 Å². The van der Waals surface area contributed by atoms with Crippen molar-refractivity contribution in [3.63, 3.8) is 0 Å². The lowest BCUT2D eigenvalue weighted by Gasteiger charge is -2.19. The van der Waals surface area contributed by atoms with Gasteiger partial charge < -0.3 is 15.0 Å². The number of rotatable bonds is 7. The molecule has 0 saturated carbocycles. The molecular weight excluding hydrogens is 499 g/mol. The van der Waals surface area contributed by atoms with E-state index in [-0.39, 0.29) is 11.4 Å². The zero-order valence-corrected chi connectivity index (χ0v) is 20.3. The predicted molar refractivity (Wildman–Crippen MR) is 135 cm³/mol. The molecule has 0 atom stereocenters. The Morgan fingerprint density at radius 2 is 1.92 bits per heavy atom. The first kappa shape index (κ1) is 24.8. The Hall–Kier alpha value is -4.87. The molecule has 3 aromatic heterocycles. The summed E-state index contributed by atoms with van der Waals surface area (Å²) in [4.78, 5) is 19.9. The molecule has 5 aromatic rings. The van der Waals surface area contributed by atoms with Crippen LogP contribution in [-0.4, -0.2) is 44.1 Å². The van der Waals surface area contributed by atoms with Crippen molar-refractivity contribution in [1.82, 2.24) is 24.8 Å². The van der Waals surface area contributed by atoms with Gasteiger partial charge in [0.15, 0.2) is 11.3 Å². The molecule has 0 aliphatic heterocycles. The molecule has 0 aliphatic carbocycles. The summed E-state index contributed by atoms with van der Waals surface area (Å²) in [5.41, 5.74) is 3.65. The van der Waals surface area contributed by atoms with Gasteiger partial charge in [-0.15, -0.1) is 13.2 Å². The van der Waals surface area contributed by atoms with Gasteiger partial charge in [0.1, 0.15) is 11.6 Å². The second kappa shape index (κ2) is 9.88. The number of ether oxygens (including phenoxy) is 1. The highest BCUT2D eigenvalue weighted by Crippen LogP contribution is 2.28. The Labute approximate surface area is 214 Å². The number of halogens is 3. The molecule has 0 radical (unpaired) electrons. The Morgan fingerprint density at radius 1 is 1.13 bits per heavy atom. The van der Waals surface area contributed by atoms with Crippen LogP contribution in [0.4, 0.5) is 24.7 Å². The molecule has 5 rings (SSSR count). The monoisotopic (exact) mass is 521 g/mol. The fraction of sp³-hybridized carbons (Fsp3) is 0.154. The van der Waals surface area contributed by atoms with Crippen molar-refractivity contribution in [3.8, 4) is 17.0 Å². The normalized spacial score (nSPS) is 11.5. The Morgan fingerprint density at radius 3 is 2.63 bits per heavy atom. The number of benzene rings is 2. The van der Waals surface area contributed by atoms with Crippen LogP contribution in [0, 0.1) is 6.92 Å². The van der Waals surface area contributed by atoms with E-state index in [1.807, 2.05) is 48.3 Å². The number of hydrogen-bond donors (Lipinski definition) is 2. The second-order valence-electron chi connectivity index (χ2n) is 8.57. The number of aryl methyl sites for hydroxylation is 1. The van der Waals surface area contributed by atoms with Gasteiger partial charge in [-0.05, 0) is 24.6 Å². The largest absolute Gasteiger partial charge is 0.573 e. The van der Waals surface area contributed by atoms with Gasteiger partial charge in [0, 0.05) is 48.7 Å². The number of aromatic nitrogens is 5. The van der Waals surface area contributed by atoms with Crippen molar-refractivity contribution in [1.29, 1.82) is 0 Å². The number of hydrogen-bond acceptors (Lipinski definition) is 6. The third-order valence-electron chi connectivity index (χ3n) is 5.79. The van der Waals surface area contributed by atoms with Crippen LogP contribution in [0.2, 0.25) is 0 Å². The fourth-order valence-electron chi connectivity index (χ4n) is 4.02. The summed E-state index contributed by atoms with van der Waals surface area (Å²) in [7, 11) is 1.92. The molecule has 12 heteroatoms. The van der Waals surface area contributed by atoms with Gasteiger partial charge in [0.2, 0.25) is 0 Å². The fourth-order valence-corrected chi connectivity index (χ4v) is 4.02. The summed E-state index contributed by atoms with van der Waals surface area (Å²) in [5.74, 6) is -0.393. The van der Waals surface area contributed by atoms with Crippen LogP contribution >= 0.6 is 0 Å². The number of aromatic amines is 1. The van der Waals surface area contributed by atoms with Crippen molar-refractivity contribution in [3.05, 3.63) is 89.9 Å². The SMILES string of the molecule is Cc1c(C(=O)Nc2cccc(OC(F)(F)F)c2)nn2c(-c3cn[nH]c3)cc(N(C)Cc3ccccc3)nc12. The van der Waals surface area contributed by atoms with E-state index in [1.165, 1.54) is 12.1 Å². The van der Waals surface area contributed by atoms with Gasteiger partial charge in [-0.2, -0.15) is 10.2 Å². The summed E-state index contributed by atoms with van der Waals surface area (Å²) >= 11 is 0. The lowest BCUT2D eigenvalue weighted by Crippen LogP contribution is -2.18. The Balaban J connectivity index is 1.51. The highest BCUT2D eigenvalue weighted by molar-refractivity contribution is 6.05. The first-order chi connectivity index (χ1) is 18.2. The number of carbonyl (C=O) groups excluding carboxylic acids is 1. The lowest BCUT2D eigenvalue weighted by atomic mass is 10.2. The van der Waals surface area contributed by atoms with Gasteiger partial charge >= 0.3 is 6.36 Å². The molecule has 0 spiro atoms. The van der Waals surface area contributed by atoms with Crippen LogP contribution in [0.25, 0.3) is 16.9 Å². The third kappa shape index (κ3) is 5.28. The molecule has 0 bridgehead atoms. The minimum Gasteiger partial charge on any atom is -0.406 e. The maximum absolute atomic E-state index is 13.2. The number of H-pyrrole nitrogens is 1. The van der Waals surface area contributed by atoms with Crippen molar-refractivity contribution in [2.24, 2.45) is 0 Å². The Kier molecular flexibility index (Phi) is 6.45. The highest BCUT2D eigenvalue weighted by Gasteiger charge is 2.31. The van der Waals surface area contributed by atoms with E-state index >= 15 is 0 Å². The molecule has 194 valence electrons. The topological polar surface area (TPSA) is 100 Å². The average Bonchev–Trinajstić information content (AvgIpc) is 3.52. The van der Waals surface area contributed by atoms with Crippen LogP contribution in [0.3, 0.4) is 0 Å². The molecule has 0 saturated heterocycles. The van der Waals surface area contributed by atoms with Crippen molar-refractivity contribution >= 4 is 23.1 Å². The average molecular weight is 522 g/mol. The molecule has 1 amide bonds. The molecule has 2 N–H and O–H groups in total. The number of amides is 1. The van der Waals surface area contributed by atoms with Crippen molar-refractivity contribution in [2.75, 3.05) is 17.3 Å². The van der Waals surface area contributed by atoms with E-state index in [9.17, 15) is 18.0 Å². The zero-order chi connectivity index (χ0) is 26.9. The van der Waals surface area contributed by atoms with E-state index < -0.39 is 18.0 Å². The van der Waals surface area contributed by atoms with Crippen molar-refractivity contribution < 1.29 is 22.7 Å². The number of fused-ring (bicyclic) bond motifs is 1.